The summed E-state index contributed by atoms with van der Waals surface area (Å²) < 4.78 is 13.2. The number of amides is 3. The minimum atomic E-state index is -0.375. The number of nitrogens with zero attached hydrogens (tertiary/aromatic N) is 4. The van der Waals surface area contributed by atoms with Crippen molar-refractivity contribution in [1.29, 1.82) is 0 Å². The van der Waals surface area contributed by atoms with Crippen molar-refractivity contribution in [2.45, 2.75) is 6.54 Å². The Bertz CT molecular complexity index is 709. The molecule has 0 atom stereocenters. The molecule has 0 radical (unpaired) electrons. The fourth-order valence-corrected chi connectivity index (χ4v) is 2.74. The van der Waals surface area contributed by atoms with Gasteiger partial charge < -0.3 is 9.80 Å². The van der Waals surface area contributed by atoms with E-state index in [1.54, 1.807) is 17.0 Å². The first-order valence-electron chi connectivity index (χ1n) is 6.96. The van der Waals surface area contributed by atoms with Crippen molar-refractivity contribution >= 4 is 28.4 Å². The maximum absolute atomic E-state index is 13.2. The number of rotatable bonds is 3. The third-order valence-corrected chi connectivity index (χ3v) is 4.05. The second-order valence-electron chi connectivity index (χ2n) is 5.04. The molecule has 0 unspecified atom stereocenters. The van der Waals surface area contributed by atoms with Crippen LogP contribution in [0.4, 0.5) is 14.3 Å². The van der Waals surface area contributed by atoms with Gasteiger partial charge in [0, 0.05) is 19.6 Å². The molecule has 120 valence electrons. The molecule has 0 aliphatic carbocycles. The summed E-state index contributed by atoms with van der Waals surface area (Å²) in [6.07, 6.45) is 0. The molecule has 1 fully saturated rings. The van der Waals surface area contributed by atoms with Gasteiger partial charge in [-0.1, -0.05) is 23.5 Å². The maximum atomic E-state index is 13.2. The molecule has 1 aliphatic rings. The van der Waals surface area contributed by atoms with Crippen LogP contribution in [0, 0.1) is 5.82 Å². The molecule has 2 heterocycles. The summed E-state index contributed by atoms with van der Waals surface area (Å²) in [7, 11) is 0. The van der Waals surface area contributed by atoms with E-state index >= 15 is 0 Å². The number of urea groups is 1. The fourth-order valence-electron chi connectivity index (χ4n) is 2.30. The molecule has 9 heteroatoms. The molecule has 1 N–H and O–H groups in total. The lowest BCUT2D eigenvalue weighted by Gasteiger charge is -2.34. The van der Waals surface area contributed by atoms with Crippen LogP contribution in [0.1, 0.15) is 5.56 Å². The SMILES string of the molecule is O=C1CN(C(=O)Nc2nncs2)CCN1Cc1cccc(F)c1. The van der Waals surface area contributed by atoms with Crippen molar-refractivity contribution in [3.63, 3.8) is 0 Å². The summed E-state index contributed by atoms with van der Waals surface area (Å²) in [6.45, 7) is 1.13. The third kappa shape index (κ3) is 3.81. The molecule has 1 aromatic heterocycles. The molecule has 1 aliphatic heterocycles. The molecule has 0 spiro atoms. The lowest BCUT2D eigenvalue weighted by molar-refractivity contribution is -0.135. The number of carbonyl (C=O) groups excluding carboxylic acids is 2. The minimum absolute atomic E-state index is 0.0139. The van der Waals surface area contributed by atoms with Crippen LogP contribution in [0.25, 0.3) is 0 Å². The third-order valence-electron chi connectivity index (χ3n) is 3.44. The smallest absolute Gasteiger partial charge is 0.324 e. The van der Waals surface area contributed by atoms with Gasteiger partial charge >= 0.3 is 6.03 Å². The molecule has 23 heavy (non-hydrogen) atoms. The van der Waals surface area contributed by atoms with Gasteiger partial charge in [0.1, 0.15) is 17.9 Å². The van der Waals surface area contributed by atoms with Crippen LogP contribution in [-0.2, 0) is 11.3 Å². The predicted molar refractivity (Wildman–Crippen MR) is 82.3 cm³/mol. The summed E-state index contributed by atoms with van der Waals surface area (Å²) in [4.78, 5) is 27.3. The zero-order chi connectivity index (χ0) is 16.2. The molecule has 3 rings (SSSR count). The summed E-state index contributed by atoms with van der Waals surface area (Å²) >= 11 is 1.21. The Kier molecular flexibility index (Phi) is 4.47. The Morgan fingerprint density at radius 3 is 2.96 bits per heavy atom. The number of aromatic nitrogens is 2. The number of nitrogens with one attached hydrogen (secondary N) is 1. The van der Waals surface area contributed by atoms with Crippen LogP contribution in [0.5, 0.6) is 0 Å². The van der Waals surface area contributed by atoms with E-state index in [1.165, 1.54) is 33.9 Å². The molecule has 2 aromatic rings. The van der Waals surface area contributed by atoms with E-state index in [1.807, 2.05) is 0 Å². The second kappa shape index (κ2) is 6.69. The quantitative estimate of drug-likeness (QED) is 0.923. The molecule has 0 bridgehead atoms. The molecule has 7 nitrogen and oxygen atoms in total. The van der Waals surface area contributed by atoms with Crippen molar-refractivity contribution in [3.05, 3.63) is 41.2 Å². The number of piperazine rings is 1. The van der Waals surface area contributed by atoms with E-state index in [9.17, 15) is 14.0 Å². The normalized spacial score (nSPS) is 14.9. The number of hydrogen-bond donors (Lipinski definition) is 1. The summed E-state index contributed by atoms with van der Waals surface area (Å²) in [5, 5.41) is 10.3. The summed E-state index contributed by atoms with van der Waals surface area (Å²) in [5.74, 6) is -0.502. The van der Waals surface area contributed by atoms with E-state index in [4.69, 9.17) is 0 Å². The van der Waals surface area contributed by atoms with Gasteiger partial charge in [-0.05, 0) is 17.7 Å². The molecular weight excluding hydrogens is 321 g/mol. The van der Waals surface area contributed by atoms with E-state index in [0.717, 1.165) is 5.56 Å². The van der Waals surface area contributed by atoms with Crippen LogP contribution in [-0.4, -0.2) is 51.6 Å². The van der Waals surface area contributed by atoms with Gasteiger partial charge in [0.2, 0.25) is 11.0 Å². The average Bonchev–Trinajstić information content (AvgIpc) is 3.02. The highest BCUT2D eigenvalue weighted by molar-refractivity contribution is 7.13. The van der Waals surface area contributed by atoms with Crippen molar-refractivity contribution in [2.24, 2.45) is 0 Å². The predicted octanol–water partition coefficient (Wildman–Crippen LogP) is 1.55. The van der Waals surface area contributed by atoms with Crippen LogP contribution in [0.2, 0.25) is 0 Å². The number of carbonyl (C=O) groups is 2. The molecule has 1 saturated heterocycles. The topological polar surface area (TPSA) is 78.4 Å². The van der Waals surface area contributed by atoms with Gasteiger partial charge in [0.15, 0.2) is 0 Å². The lowest BCUT2D eigenvalue weighted by atomic mass is 10.2. The Labute approximate surface area is 135 Å². The Hall–Kier alpha value is -2.55. The number of hydrogen-bond acceptors (Lipinski definition) is 5. The van der Waals surface area contributed by atoms with E-state index in [2.05, 4.69) is 15.5 Å². The van der Waals surface area contributed by atoms with Crippen molar-refractivity contribution < 1.29 is 14.0 Å². The van der Waals surface area contributed by atoms with Crippen LogP contribution >= 0.6 is 11.3 Å². The number of anilines is 1. The Balaban J connectivity index is 1.57. The van der Waals surface area contributed by atoms with E-state index in [-0.39, 0.29) is 24.3 Å². The van der Waals surface area contributed by atoms with Gasteiger partial charge in [0.25, 0.3) is 0 Å². The van der Waals surface area contributed by atoms with Gasteiger partial charge in [-0.2, -0.15) is 0 Å². The molecule has 0 saturated carbocycles. The van der Waals surface area contributed by atoms with Crippen LogP contribution in [0.15, 0.2) is 29.8 Å². The van der Waals surface area contributed by atoms with Crippen LogP contribution < -0.4 is 5.32 Å². The van der Waals surface area contributed by atoms with E-state index < -0.39 is 0 Å². The van der Waals surface area contributed by atoms with Gasteiger partial charge in [0.05, 0.1) is 0 Å². The number of benzene rings is 1. The maximum Gasteiger partial charge on any atom is 0.324 e. The largest absolute Gasteiger partial charge is 0.335 e. The molecule has 1 aromatic carbocycles. The fraction of sp³-hybridized carbons (Fsp3) is 0.286. The highest BCUT2D eigenvalue weighted by Crippen LogP contribution is 2.13. The highest BCUT2D eigenvalue weighted by atomic mass is 32.1. The summed E-state index contributed by atoms with van der Waals surface area (Å²) in [6, 6.07) is 5.77. The number of halogens is 1. The second-order valence-corrected chi connectivity index (χ2v) is 5.87. The van der Waals surface area contributed by atoms with E-state index in [0.29, 0.717) is 24.8 Å². The average molecular weight is 335 g/mol. The zero-order valence-corrected chi connectivity index (χ0v) is 12.9. The van der Waals surface area contributed by atoms with Gasteiger partial charge in [-0.3, -0.25) is 10.1 Å². The molecule has 3 amide bonds. The standard InChI is InChI=1S/C14H14FN5O2S/c15-11-3-1-2-10(6-11)7-19-4-5-20(8-12(19)21)14(22)17-13-18-16-9-23-13/h1-3,6,9H,4-5,7-8H2,(H,17,18,22). The Morgan fingerprint density at radius 1 is 1.39 bits per heavy atom. The van der Waals surface area contributed by atoms with Crippen LogP contribution in [0.3, 0.4) is 0 Å². The van der Waals surface area contributed by atoms with Crippen molar-refractivity contribution in [3.8, 4) is 0 Å². The minimum Gasteiger partial charge on any atom is -0.335 e. The Morgan fingerprint density at radius 2 is 2.26 bits per heavy atom. The molecular formula is C14H14FN5O2S. The van der Waals surface area contributed by atoms with Crippen molar-refractivity contribution in [2.75, 3.05) is 25.0 Å². The summed E-state index contributed by atoms with van der Waals surface area (Å²) in [5.41, 5.74) is 2.24. The first-order chi connectivity index (χ1) is 11.1. The van der Waals surface area contributed by atoms with Gasteiger partial charge in [-0.15, -0.1) is 10.2 Å². The first kappa shape index (κ1) is 15.3. The lowest BCUT2D eigenvalue weighted by Crippen LogP contribution is -2.52. The van der Waals surface area contributed by atoms with Gasteiger partial charge in [-0.25, -0.2) is 9.18 Å². The highest BCUT2D eigenvalue weighted by Gasteiger charge is 2.27. The monoisotopic (exact) mass is 335 g/mol. The van der Waals surface area contributed by atoms with Crippen molar-refractivity contribution in [1.82, 2.24) is 20.0 Å². The zero-order valence-electron chi connectivity index (χ0n) is 12.1. The first-order valence-corrected chi connectivity index (χ1v) is 7.84.